The highest BCUT2D eigenvalue weighted by Crippen LogP contribution is 2.08. The molecular formula is C11H23N3O. The predicted molar refractivity (Wildman–Crippen MR) is 62.0 cm³/mol. The van der Waals surface area contributed by atoms with Crippen molar-refractivity contribution in [3.63, 3.8) is 0 Å². The van der Waals surface area contributed by atoms with E-state index in [4.69, 9.17) is 0 Å². The summed E-state index contributed by atoms with van der Waals surface area (Å²) < 4.78 is 0. The van der Waals surface area contributed by atoms with Crippen molar-refractivity contribution in [2.24, 2.45) is 0 Å². The number of piperidine rings is 1. The van der Waals surface area contributed by atoms with Crippen molar-refractivity contribution in [2.75, 3.05) is 40.3 Å². The molecule has 1 rings (SSSR count). The molecule has 2 amide bonds. The minimum Gasteiger partial charge on any atom is -0.338 e. The smallest absolute Gasteiger partial charge is 0.317 e. The second-order valence-electron chi connectivity index (χ2n) is 4.44. The maximum Gasteiger partial charge on any atom is 0.317 e. The van der Waals surface area contributed by atoms with Gasteiger partial charge in [0.1, 0.15) is 0 Å². The van der Waals surface area contributed by atoms with Gasteiger partial charge in [0.05, 0.1) is 0 Å². The van der Waals surface area contributed by atoms with Crippen LogP contribution in [0.15, 0.2) is 0 Å². The number of nitrogens with one attached hydrogen (secondary N) is 1. The van der Waals surface area contributed by atoms with E-state index in [1.165, 1.54) is 6.42 Å². The number of amides is 2. The first kappa shape index (κ1) is 12.3. The van der Waals surface area contributed by atoms with Crippen molar-refractivity contribution in [1.29, 1.82) is 0 Å². The molecule has 1 saturated heterocycles. The van der Waals surface area contributed by atoms with Gasteiger partial charge in [-0.05, 0) is 46.3 Å². The van der Waals surface area contributed by atoms with Crippen LogP contribution in [0.25, 0.3) is 0 Å². The van der Waals surface area contributed by atoms with Crippen molar-refractivity contribution in [1.82, 2.24) is 15.1 Å². The first-order valence-corrected chi connectivity index (χ1v) is 5.87. The van der Waals surface area contributed by atoms with Crippen LogP contribution in [0.5, 0.6) is 0 Å². The average molecular weight is 213 g/mol. The highest BCUT2D eigenvalue weighted by Gasteiger charge is 2.15. The molecule has 0 atom stereocenters. The summed E-state index contributed by atoms with van der Waals surface area (Å²) in [6.07, 6.45) is 4.60. The lowest BCUT2D eigenvalue weighted by Gasteiger charge is -2.26. The molecule has 0 radical (unpaired) electrons. The Balaban J connectivity index is 2.07. The lowest BCUT2D eigenvalue weighted by Crippen LogP contribution is -2.43. The van der Waals surface area contributed by atoms with E-state index in [0.29, 0.717) is 0 Å². The molecular weight excluding hydrogens is 190 g/mol. The Morgan fingerprint density at radius 2 is 1.93 bits per heavy atom. The van der Waals surface area contributed by atoms with Crippen LogP contribution in [-0.2, 0) is 0 Å². The quantitative estimate of drug-likeness (QED) is 0.711. The SMILES string of the molecule is CN(C)CCCNC(=O)N1CCCCC1. The second-order valence-corrected chi connectivity index (χ2v) is 4.44. The highest BCUT2D eigenvalue weighted by atomic mass is 16.2. The Kier molecular flexibility index (Phi) is 5.47. The summed E-state index contributed by atoms with van der Waals surface area (Å²) in [7, 11) is 4.10. The maximum absolute atomic E-state index is 11.6. The number of hydrogen-bond donors (Lipinski definition) is 1. The fourth-order valence-corrected chi connectivity index (χ4v) is 1.80. The molecule has 0 aromatic heterocycles. The van der Waals surface area contributed by atoms with E-state index in [-0.39, 0.29) is 6.03 Å². The number of carbonyl (C=O) groups excluding carboxylic acids is 1. The molecule has 15 heavy (non-hydrogen) atoms. The van der Waals surface area contributed by atoms with E-state index in [1.807, 2.05) is 19.0 Å². The molecule has 0 saturated carbocycles. The molecule has 4 heteroatoms. The third-order valence-corrected chi connectivity index (χ3v) is 2.70. The van der Waals surface area contributed by atoms with Crippen LogP contribution in [0.1, 0.15) is 25.7 Å². The lowest BCUT2D eigenvalue weighted by molar-refractivity contribution is 0.186. The van der Waals surface area contributed by atoms with Gasteiger partial charge in [0.2, 0.25) is 0 Å². The molecule has 0 bridgehead atoms. The number of urea groups is 1. The van der Waals surface area contributed by atoms with E-state index >= 15 is 0 Å². The number of likely N-dealkylation sites (tertiary alicyclic amines) is 1. The zero-order valence-corrected chi connectivity index (χ0v) is 9.96. The summed E-state index contributed by atoms with van der Waals surface area (Å²) in [5, 5.41) is 2.97. The maximum atomic E-state index is 11.6. The zero-order valence-electron chi connectivity index (χ0n) is 9.96. The molecule has 88 valence electrons. The van der Waals surface area contributed by atoms with Gasteiger partial charge in [-0.1, -0.05) is 0 Å². The number of nitrogens with zero attached hydrogens (tertiary/aromatic N) is 2. The topological polar surface area (TPSA) is 35.6 Å². The van der Waals surface area contributed by atoms with Gasteiger partial charge >= 0.3 is 6.03 Å². The minimum atomic E-state index is 0.119. The average Bonchev–Trinajstić information content (AvgIpc) is 2.25. The van der Waals surface area contributed by atoms with Crippen molar-refractivity contribution in [3.8, 4) is 0 Å². The molecule has 0 aromatic carbocycles. The first-order chi connectivity index (χ1) is 7.20. The fourth-order valence-electron chi connectivity index (χ4n) is 1.80. The van der Waals surface area contributed by atoms with E-state index in [9.17, 15) is 4.79 Å². The molecule has 0 aromatic rings. The van der Waals surface area contributed by atoms with Gasteiger partial charge in [-0.15, -0.1) is 0 Å². The zero-order chi connectivity index (χ0) is 11.1. The first-order valence-electron chi connectivity index (χ1n) is 5.87. The van der Waals surface area contributed by atoms with Crippen LogP contribution >= 0.6 is 0 Å². The van der Waals surface area contributed by atoms with Gasteiger partial charge in [0.15, 0.2) is 0 Å². The Hall–Kier alpha value is -0.770. The molecule has 1 fully saturated rings. The Morgan fingerprint density at radius 1 is 1.27 bits per heavy atom. The summed E-state index contributed by atoms with van der Waals surface area (Å²) in [6.45, 7) is 3.67. The third-order valence-electron chi connectivity index (χ3n) is 2.70. The van der Waals surface area contributed by atoms with Gasteiger partial charge in [-0.25, -0.2) is 4.79 Å². The molecule has 0 unspecified atom stereocenters. The monoisotopic (exact) mass is 213 g/mol. The fraction of sp³-hybridized carbons (Fsp3) is 0.909. The Labute approximate surface area is 92.6 Å². The van der Waals surface area contributed by atoms with Gasteiger partial charge in [0, 0.05) is 19.6 Å². The molecule has 1 heterocycles. The molecule has 4 nitrogen and oxygen atoms in total. The van der Waals surface area contributed by atoms with Gasteiger partial charge in [-0.2, -0.15) is 0 Å². The molecule has 1 N–H and O–H groups in total. The van der Waals surface area contributed by atoms with Gasteiger partial charge in [-0.3, -0.25) is 0 Å². The van der Waals surface area contributed by atoms with E-state index in [2.05, 4.69) is 10.2 Å². The van der Waals surface area contributed by atoms with Crippen LogP contribution in [0.4, 0.5) is 4.79 Å². The lowest BCUT2D eigenvalue weighted by atomic mass is 10.1. The van der Waals surface area contributed by atoms with Crippen LogP contribution in [0.2, 0.25) is 0 Å². The molecule has 0 aliphatic carbocycles. The summed E-state index contributed by atoms with van der Waals surface area (Å²) in [5.74, 6) is 0. The standard InChI is InChI=1S/C11H23N3O/c1-13(2)8-6-7-12-11(15)14-9-4-3-5-10-14/h3-10H2,1-2H3,(H,12,15). The van der Waals surface area contributed by atoms with Crippen molar-refractivity contribution >= 4 is 6.03 Å². The Morgan fingerprint density at radius 3 is 2.53 bits per heavy atom. The van der Waals surface area contributed by atoms with Crippen molar-refractivity contribution in [3.05, 3.63) is 0 Å². The number of carbonyl (C=O) groups is 1. The summed E-state index contributed by atoms with van der Waals surface area (Å²) >= 11 is 0. The van der Waals surface area contributed by atoms with Crippen molar-refractivity contribution in [2.45, 2.75) is 25.7 Å². The van der Waals surface area contributed by atoms with Gasteiger partial charge < -0.3 is 15.1 Å². The summed E-state index contributed by atoms with van der Waals surface area (Å²) in [5.41, 5.74) is 0. The van der Waals surface area contributed by atoms with Gasteiger partial charge in [0.25, 0.3) is 0 Å². The Bertz CT molecular complexity index is 188. The van der Waals surface area contributed by atoms with Crippen LogP contribution in [0, 0.1) is 0 Å². The largest absolute Gasteiger partial charge is 0.338 e. The van der Waals surface area contributed by atoms with Crippen LogP contribution in [-0.4, -0.2) is 56.1 Å². The minimum absolute atomic E-state index is 0.119. The third kappa shape index (κ3) is 5.02. The van der Waals surface area contributed by atoms with Crippen molar-refractivity contribution < 1.29 is 4.79 Å². The van der Waals surface area contributed by atoms with E-state index < -0.39 is 0 Å². The van der Waals surface area contributed by atoms with E-state index in [1.54, 1.807) is 0 Å². The molecule has 1 aliphatic heterocycles. The summed E-state index contributed by atoms with van der Waals surface area (Å²) in [4.78, 5) is 15.7. The summed E-state index contributed by atoms with van der Waals surface area (Å²) in [6, 6.07) is 0.119. The molecule has 0 spiro atoms. The predicted octanol–water partition coefficient (Wildman–Crippen LogP) is 1.13. The molecule has 1 aliphatic rings. The highest BCUT2D eigenvalue weighted by molar-refractivity contribution is 5.74. The second kappa shape index (κ2) is 6.67. The van der Waals surface area contributed by atoms with E-state index in [0.717, 1.165) is 45.4 Å². The van der Waals surface area contributed by atoms with Crippen LogP contribution in [0.3, 0.4) is 0 Å². The number of rotatable bonds is 4. The number of hydrogen-bond acceptors (Lipinski definition) is 2. The van der Waals surface area contributed by atoms with Crippen LogP contribution < -0.4 is 5.32 Å². The normalized spacial score (nSPS) is 16.9.